The highest BCUT2D eigenvalue weighted by molar-refractivity contribution is 5.90. The first-order chi connectivity index (χ1) is 11.3. The van der Waals surface area contributed by atoms with Crippen LogP contribution in [0.1, 0.15) is 52.4 Å². The highest BCUT2D eigenvalue weighted by Crippen LogP contribution is 2.59. The van der Waals surface area contributed by atoms with Gasteiger partial charge in [-0.05, 0) is 37.0 Å². The Morgan fingerprint density at radius 1 is 1.25 bits per heavy atom. The standard InChI is InChI=1S/C19H28O5/c1-18-9-7-16(22)19(2,11-20)15(18)6-5-14(21)13(18)4-3-12-8-10-24-17(12)23/h3,13,15-16,20,22H,4-11H2,1-2H3/b12-3+/t13-,15+,16-,18+,19+/m1/s1. The third-order valence-electron chi connectivity index (χ3n) is 6.98. The van der Waals surface area contributed by atoms with Crippen molar-refractivity contribution in [2.75, 3.05) is 13.2 Å². The van der Waals surface area contributed by atoms with Gasteiger partial charge < -0.3 is 14.9 Å². The molecule has 0 bridgehead atoms. The lowest BCUT2D eigenvalue weighted by atomic mass is 9.46. The molecule has 0 aromatic heterocycles. The minimum atomic E-state index is -0.564. The molecule has 5 heteroatoms. The zero-order valence-corrected chi connectivity index (χ0v) is 14.6. The molecule has 0 unspecified atom stereocenters. The van der Waals surface area contributed by atoms with Crippen LogP contribution < -0.4 is 0 Å². The molecule has 0 aromatic carbocycles. The summed E-state index contributed by atoms with van der Waals surface area (Å²) in [4.78, 5) is 24.3. The lowest BCUT2D eigenvalue weighted by molar-refractivity contribution is -0.170. The van der Waals surface area contributed by atoms with Crippen molar-refractivity contribution >= 4 is 11.8 Å². The van der Waals surface area contributed by atoms with Gasteiger partial charge in [-0.1, -0.05) is 19.9 Å². The molecule has 1 aliphatic heterocycles. The molecule has 0 radical (unpaired) electrons. The minimum absolute atomic E-state index is 0.0667. The minimum Gasteiger partial charge on any atom is -0.462 e. The third-order valence-corrected chi connectivity index (χ3v) is 6.98. The molecule has 0 spiro atoms. The van der Waals surface area contributed by atoms with Crippen molar-refractivity contribution in [2.24, 2.45) is 22.7 Å². The van der Waals surface area contributed by atoms with Gasteiger partial charge in [0.25, 0.3) is 0 Å². The van der Waals surface area contributed by atoms with E-state index >= 15 is 0 Å². The molecule has 1 heterocycles. The summed E-state index contributed by atoms with van der Waals surface area (Å²) >= 11 is 0. The van der Waals surface area contributed by atoms with Gasteiger partial charge in [0.1, 0.15) is 5.78 Å². The number of rotatable bonds is 3. The molecule has 24 heavy (non-hydrogen) atoms. The maximum Gasteiger partial charge on any atom is 0.333 e. The molecule has 3 rings (SSSR count). The lowest BCUT2D eigenvalue weighted by Gasteiger charge is -2.58. The number of carbonyl (C=O) groups excluding carboxylic acids is 2. The Hall–Kier alpha value is -1.20. The summed E-state index contributed by atoms with van der Waals surface area (Å²) in [5, 5.41) is 20.4. The Morgan fingerprint density at radius 2 is 2.00 bits per heavy atom. The van der Waals surface area contributed by atoms with Gasteiger partial charge in [-0.15, -0.1) is 0 Å². The number of aliphatic hydroxyl groups excluding tert-OH is 2. The van der Waals surface area contributed by atoms with Crippen LogP contribution >= 0.6 is 0 Å². The van der Waals surface area contributed by atoms with Crippen LogP contribution in [-0.2, 0) is 14.3 Å². The van der Waals surface area contributed by atoms with Crippen molar-refractivity contribution in [3.05, 3.63) is 11.6 Å². The van der Waals surface area contributed by atoms with E-state index in [4.69, 9.17) is 4.74 Å². The van der Waals surface area contributed by atoms with Crippen molar-refractivity contribution in [3.8, 4) is 0 Å². The molecule has 2 N–H and O–H groups in total. The number of hydrogen-bond acceptors (Lipinski definition) is 5. The molecule has 5 nitrogen and oxygen atoms in total. The van der Waals surface area contributed by atoms with E-state index in [1.54, 1.807) is 0 Å². The Morgan fingerprint density at radius 3 is 2.62 bits per heavy atom. The van der Waals surface area contributed by atoms with Crippen molar-refractivity contribution in [2.45, 2.75) is 58.5 Å². The van der Waals surface area contributed by atoms with E-state index in [9.17, 15) is 19.8 Å². The number of aliphatic hydroxyl groups is 2. The second-order valence-electron chi connectivity index (χ2n) is 8.19. The first kappa shape index (κ1) is 17.6. The van der Waals surface area contributed by atoms with E-state index < -0.39 is 11.5 Å². The van der Waals surface area contributed by atoms with Crippen LogP contribution in [0, 0.1) is 22.7 Å². The van der Waals surface area contributed by atoms with Gasteiger partial charge in [0.2, 0.25) is 0 Å². The lowest BCUT2D eigenvalue weighted by Crippen LogP contribution is -2.58. The molecule has 0 aromatic rings. The number of esters is 1. The van der Waals surface area contributed by atoms with Gasteiger partial charge in [0, 0.05) is 29.7 Å². The van der Waals surface area contributed by atoms with Crippen molar-refractivity contribution in [1.29, 1.82) is 0 Å². The van der Waals surface area contributed by atoms with Gasteiger partial charge in [-0.25, -0.2) is 4.79 Å². The summed E-state index contributed by atoms with van der Waals surface area (Å²) in [6.07, 6.45) is 5.11. The number of fused-ring (bicyclic) bond motifs is 1. The van der Waals surface area contributed by atoms with Gasteiger partial charge in [0.15, 0.2) is 0 Å². The monoisotopic (exact) mass is 336 g/mol. The zero-order valence-electron chi connectivity index (χ0n) is 14.6. The molecule has 0 amide bonds. The van der Waals surface area contributed by atoms with Gasteiger partial charge in [-0.2, -0.15) is 0 Å². The predicted molar refractivity (Wildman–Crippen MR) is 88.0 cm³/mol. The third kappa shape index (κ3) is 2.62. The number of ether oxygens (including phenoxy) is 1. The Labute approximate surface area is 143 Å². The number of allylic oxidation sites excluding steroid dienone is 1. The Bertz CT molecular complexity index is 568. The number of hydrogen-bond donors (Lipinski definition) is 2. The van der Waals surface area contributed by atoms with Crippen LogP contribution in [0.3, 0.4) is 0 Å². The number of ketones is 1. The fraction of sp³-hybridized carbons (Fsp3) is 0.789. The molecule has 134 valence electrons. The Kier molecular flexibility index (Phi) is 4.60. The van der Waals surface area contributed by atoms with E-state index in [2.05, 4.69) is 6.92 Å². The fourth-order valence-electron chi connectivity index (χ4n) is 5.35. The van der Waals surface area contributed by atoms with E-state index in [0.717, 1.165) is 12.8 Å². The van der Waals surface area contributed by atoms with E-state index in [-0.39, 0.29) is 35.6 Å². The highest BCUT2D eigenvalue weighted by atomic mass is 16.5. The van der Waals surface area contributed by atoms with Gasteiger partial charge in [0.05, 0.1) is 19.3 Å². The van der Waals surface area contributed by atoms with Crippen LogP contribution in [0.5, 0.6) is 0 Å². The maximum atomic E-state index is 12.7. The normalized spacial score (nSPS) is 44.5. The SMILES string of the molecule is C[C@]1(CO)[C@H]2CCC(=O)[C@@H](C/C=C3\CCOC3=O)[C@]2(C)CC[C@H]1O. The van der Waals surface area contributed by atoms with Crippen molar-refractivity contribution < 1.29 is 24.5 Å². The van der Waals surface area contributed by atoms with E-state index in [1.165, 1.54) is 0 Å². The topological polar surface area (TPSA) is 83.8 Å². The van der Waals surface area contributed by atoms with Crippen molar-refractivity contribution in [1.82, 2.24) is 0 Å². The predicted octanol–water partition coefficient (Wildman–Crippen LogP) is 2.00. The molecule has 1 saturated heterocycles. The second-order valence-corrected chi connectivity index (χ2v) is 8.19. The molecule has 3 aliphatic rings. The van der Waals surface area contributed by atoms with Crippen LogP contribution in [0.25, 0.3) is 0 Å². The van der Waals surface area contributed by atoms with E-state index in [1.807, 2.05) is 13.0 Å². The molecular weight excluding hydrogens is 308 g/mol. The first-order valence-corrected chi connectivity index (χ1v) is 9.00. The average molecular weight is 336 g/mol. The van der Waals surface area contributed by atoms with Crippen molar-refractivity contribution in [3.63, 3.8) is 0 Å². The Balaban J connectivity index is 1.88. The molecule has 2 saturated carbocycles. The molecule has 2 aliphatic carbocycles. The second kappa shape index (κ2) is 6.26. The summed E-state index contributed by atoms with van der Waals surface area (Å²) in [6, 6.07) is 0. The largest absolute Gasteiger partial charge is 0.462 e. The summed E-state index contributed by atoms with van der Waals surface area (Å²) in [6.45, 7) is 4.44. The van der Waals surface area contributed by atoms with Crippen LogP contribution in [0.2, 0.25) is 0 Å². The molecule has 3 fully saturated rings. The van der Waals surface area contributed by atoms with Gasteiger partial charge in [-0.3, -0.25) is 4.79 Å². The summed E-state index contributed by atoms with van der Waals surface area (Å²) in [5.74, 6) is -0.0706. The summed E-state index contributed by atoms with van der Waals surface area (Å²) < 4.78 is 4.97. The van der Waals surface area contributed by atoms with Crippen LogP contribution in [0.15, 0.2) is 11.6 Å². The van der Waals surface area contributed by atoms with Gasteiger partial charge >= 0.3 is 5.97 Å². The molecular formula is C19H28O5. The highest BCUT2D eigenvalue weighted by Gasteiger charge is 2.58. The quantitative estimate of drug-likeness (QED) is 0.608. The zero-order chi connectivity index (χ0) is 17.5. The first-order valence-electron chi connectivity index (χ1n) is 9.00. The van der Waals surface area contributed by atoms with E-state index in [0.29, 0.717) is 37.9 Å². The average Bonchev–Trinajstić information content (AvgIpc) is 2.96. The van der Waals surface area contributed by atoms with Crippen LogP contribution in [-0.4, -0.2) is 41.3 Å². The number of cyclic esters (lactones) is 1. The number of carbonyl (C=O) groups is 2. The molecule has 5 atom stereocenters. The van der Waals surface area contributed by atoms with Crippen LogP contribution in [0.4, 0.5) is 0 Å². The maximum absolute atomic E-state index is 12.7. The fourth-order valence-corrected chi connectivity index (χ4v) is 5.35. The summed E-state index contributed by atoms with van der Waals surface area (Å²) in [5.41, 5.74) is -0.133. The summed E-state index contributed by atoms with van der Waals surface area (Å²) in [7, 11) is 0. The smallest absolute Gasteiger partial charge is 0.333 e. The number of Topliss-reactive ketones (excluding diaryl/α,β-unsaturated/α-hetero) is 1.